The van der Waals surface area contributed by atoms with Crippen LogP contribution in [0.4, 0.5) is 13.2 Å². The highest BCUT2D eigenvalue weighted by Crippen LogP contribution is 2.38. The lowest BCUT2D eigenvalue weighted by atomic mass is 10.1. The van der Waals surface area contributed by atoms with Crippen molar-refractivity contribution in [3.8, 4) is 11.5 Å². The Labute approximate surface area is 146 Å². The molecule has 5 nitrogen and oxygen atoms in total. The summed E-state index contributed by atoms with van der Waals surface area (Å²) < 4.78 is 36.8. The van der Waals surface area contributed by atoms with Crippen molar-refractivity contribution in [3.63, 3.8) is 0 Å². The van der Waals surface area contributed by atoms with Crippen LogP contribution < -0.4 is 5.73 Å². The van der Waals surface area contributed by atoms with Crippen molar-refractivity contribution in [2.75, 3.05) is 0 Å². The van der Waals surface area contributed by atoms with Gasteiger partial charge in [-0.3, -0.25) is 4.79 Å². The maximum Gasteiger partial charge on any atom is 0.420 e. The molecule has 1 amide bonds. The van der Waals surface area contributed by atoms with Crippen LogP contribution in [-0.2, 0) is 6.18 Å². The number of nitrogens with one attached hydrogen (secondary N) is 1. The van der Waals surface area contributed by atoms with E-state index in [-0.39, 0.29) is 21.9 Å². The van der Waals surface area contributed by atoms with Gasteiger partial charge in [-0.05, 0) is 36.8 Å². The fourth-order valence-electron chi connectivity index (χ4n) is 1.80. The highest BCUT2D eigenvalue weighted by molar-refractivity contribution is 6.31. The molecule has 0 radical (unpaired) electrons. The summed E-state index contributed by atoms with van der Waals surface area (Å²) >= 11 is 5.39. The predicted octanol–water partition coefficient (Wildman–Crippen LogP) is 3.86. The van der Waals surface area contributed by atoms with E-state index in [2.05, 4.69) is 0 Å². The van der Waals surface area contributed by atoms with Crippen molar-refractivity contribution in [2.45, 2.75) is 13.1 Å². The van der Waals surface area contributed by atoms with E-state index in [1.54, 1.807) is 6.07 Å². The molecule has 0 aliphatic rings. The number of benzene rings is 2. The van der Waals surface area contributed by atoms with Gasteiger partial charge in [-0.1, -0.05) is 17.7 Å². The van der Waals surface area contributed by atoms with Gasteiger partial charge in [0.25, 0.3) is 5.91 Å². The zero-order valence-electron chi connectivity index (χ0n) is 12.9. The molecule has 0 aliphatic carbocycles. The molecule has 134 valence electrons. The van der Waals surface area contributed by atoms with E-state index in [1.807, 2.05) is 6.92 Å². The molecular weight excluding hydrogens is 361 g/mol. The van der Waals surface area contributed by atoms with Crippen molar-refractivity contribution in [1.29, 1.82) is 5.41 Å². The first kappa shape index (κ1) is 20.3. The Morgan fingerprint density at radius 3 is 2.28 bits per heavy atom. The lowest BCUT2D eigenvalue weighted by Crippen LogP contribution is -2.10. The summed E-state index contributed by atoms with van der Waals surface area (Å²) in [6.07, 6.45) is -4.07. The molecule has 0 atom stereocenters. The second-order valence-electron chi connectivity index (χ2n) is 4.92. The highest BCUT2D eigenvalue weighted by Gasteiger charge is 2.35. The Bertz CT molecular complexity index is 808. The average Bonchev–Trinajstić information content (AvgIpc) is 2.48. The number of carbonyl (C=O) groups is 1. The second-order valence-corrected chi connectivity index (χ2v) is 5.35. The Morgan fingerprint density at radius 2 is 1.84 bits per heavy atom. The Hall–Kier alpha value is -2.74. The van der Waals surface area contributed by atoms with Gasteiger partial charge < -0.3 is 21.4 Å². The number of phenols is 2. The summed E-state index contributed by atoms with van der Waals surface area (Å²) in [5.41, 5.74) is 4.53. The number of rotatable bonds is 2. The third kappa shape index (κ3) is 5.39. The first-order valence-corrected chi connectivity index (χ1v) is 7.04. The van der Waals surface area contributed by atoms with Gasteiger partial charge in [-0.25, -0.2) is 0 Å². The van der Waals surface area contributed by atoms with Gasteiger partial charge in [0.05, 0.1) is 11.1 Å². The number of primary amides is 1. The lowest BCUT2D eigenvalue weighted by Gasteiger charge is -2.10. The Balaban J connectivity index is 0.000000257. The van der Waals surface area contributed by atoms with Crippen LogP contribution in [0.5, 0.6) is 11.5 Å². The molecule has 0 saturated heterocycles. The number of carbonyl (C=O) groups excluding carboxylic acids is 1. The number of halogens is 4. The number of alkyl halides is 3. The molecule has 0 aliphatic heterocycles. The maximum atomic E-state index is 12.3. The molecule has 0 aromatic heterocycles. The summed E-state index contributed by atoms with van der Waals surface area (Å²) in [7, 11) is 0. The first-order valence-electron chi connectivity index (χ1n) is 6.67. The van der Waals surface area contributed by atoms with Crippen LogP contribution in [0.3, 0.4) is 0 Å². The van der Waals surface area contributed by atoms with Gasteiger partial charge in [0.15, 0.2) is 0 Å². The number of aryl methyl sites for hydroxylation is 1. The number of hydrogen-bond acceptors (Lipinski definition) is 4. The van der Waals surface area contributed by atoms with Crippen LogP contribution in [0.2, 0.25) is 5.02 Å². The minimum atomic E-state index is -4.67. The molecule has 0 spiro atoms. The molecule has 25 heavy (non-hydrogen) atoms. The van der Waals surface area contributed by atoms with Gasteiger partial charge >= 0.3 is 6.18 Å². The molecule has 0 unspecified atom stereocenters. The third-order valence-electron chi connectivity index (χ3n) is 2.98. The van der Waals surface area contributed by atoms with Crippen molar-refractivity contribution < 1.29 is 28.2 Å². The number of amides is 1. The SMILES string of the molecule is Cc1ccc(C(N)=O)c(O)c1.N=Cc1cc(Cl)cc(C(F)(F)F)c1O. The highest BCUT2D eigenvalue weighted by atomic mass is 35.5. The molecule has 2 aromatic rings. The summed E-state index contributed by atoms with van der Waals surface area (Å²) in [4.78, 5) is 10.6. The van der Waals surface area contributed by atoms with Gasteiger partial charge in [0.2, 0.25) is 0 Å². The number of hydrogen-bond donors (Lipinski definition) is 4. The quantitative estimate of drug-likeness (QED) is 0.599. The zero-order chi connectivity index (χ0) is 19.4. The van der Waals surface area contributed by atoms with E-state index in [4.69, 9.17) is 33.0 Å². The zero-order valence-corrected chi connectivity index (χ0v) is 13.6. The molecule has 0 bridgehead atoms. The molecule has 0 fully saturated rings. The predicted molar refractivity (Wildman–Crippen MR) is 87.4 cm³/mol. The second kappa shape index (κ2) is 7.89. The molecule has 5 N–H and O–H groups in total. The van der Waals surface area contributed by atoms with E-state index in [9.17, 15) is 18.0 Å². The molecule has 0 saturated carbocycles. The number of aromatic hydroxyl groups is 2. The largest absolute Gasteiger partial charge is 0.507 e. The standard InChI is InChI=1S/C8H5ClF3NO.C8H9NO2/c9-5-1-4(3-13)7(14)6(2-5)8(10,11)12;1-5-2-3-6(8(9)11)7(10)4-5/h1-3,13-14H;2-4,10H,1H3,(H2,9,11). The smallest absolute Gasteiger partial charge is 0.420 e. The minimum Gasteiger partial charge on any atom is -0.507 e. The fourth-order valence-corrected chi connectivity index (χ4v) is 2.02. The number of phenolic OH excluding ortho intramolecular Hbond substituents is 1. The van der Waals surface area contributed by atoms with E-state index in [0.29, 0.717) is 12.3 Å². The lowest BCUT2D eigenvalue weighted by molar-refractivity contribution is -0.138. The minimum absolute atomic E-state index is 0.0579. The van der Waals surface area contributed by atoms with Gasteiger partial charge in [0.1, 0.15) is 11.5 Å². The summed E-state index contributed by atoms with van der Waals surface area (Å²) in [5, 5.41) is 24.9. The van der Waals surface area contributed by atoms with Crippen LogP contribution in [0.15, 0.2) is 30.3 Å². The van der Waals surface area contributed by atoms with Crippen LogP contribution in [-0.4, -0.2) is 22.3 Å². The average molecular weight is 375 g/mol. The monoisotopic (exact) mass is 374 g/mol. The van der Waals surface area contributed by atoms with Crippen molar-refractivity contribution in [2.24, 2.45) is 5.73 Å². The van der Waals surface area contributed by atoms with Crippen molar-refractivity contribution >= 4 is 23.7 Å². The summed E-state index contributed by atoms with van der Waals surface area (Å²) in [5.74, 6) is -1.64. The molecule has 2 aromatic carbocycles. The third-order valence-corrected chi connectivity index (χ3v) is 3.20. The summed E-state index contributed by atoms with van der Waals surface area (Å²) in [6.45, 7) is 1.82. The van der Waals surface area contributed by atoms with Gasteiger partial charge in [0, 0.05) is 16.8 Å². The van der Waals surface area contributed by atoms with Crippen molar-refractivity contribution in [1.82, 2.24) is 0 Å². The normalized spacial score (nSPS) is 10.6. The molecule has 0 heterocycles. The fraction of sp³-hybridized carbons (Fsp3) is 0.125. The van der Waals surface area contributed by atoms with E-state index < -0.39 is 23.4 Å². The molecular formula is C16H14ClF3N2O3. The van der Waals surface area contributed by atoms with Gasteiger partial charge in [-0.2, -0.15) is 13.2 Å². The Morgan fingerprint density at radius 1 is 1.24 bits per heavy atom. The Kier molecular flexibility index (Phi) is 6.41. The number of nitrogens with two attached hydrogens (primary N) is 1. The van der Waals surface area contributed by atoms with Crippen LogP contribution in [0.1, 0.15) is 27.0 Å². The van der Waals surface area contributed by atoms with Crippen LogP contribution in [0, 0.1) is 12.3 Å². The van der Waals surface area contributed by atoms with Crippen LogP contribution in [0.25, 0.3) is 0 Å². The van der Waals surface area contributed by atoms with Gasteiger partial charge in [-0.15, -0.1) is 0 Å². The van der Waals surface area contributed by atoms with Crippen LogP contribution >= 0.6 is 11.6 Å². The first-order chi connectivity index (χ1) is 11.5. The molecule has 2 rings (SSSR count). The molecule has 9 heteroatoms. The van der Waals surface area contributed by atoms with E-state index in [1.165, 1.54) is 12.1 Å². The van der Waals surface area contributed by atoms with E-state index >= 15 is 0 Å². The topological polar surface area (TPSA) is 107 Å². The van der Waals surface area contributed by atoms with Crippen molar-refractivity contribution in [3.05, 3.63) is 57.6 Å². The van der Waals surface area contributed by atoms with E-state index in [0.717, 1.165) is 11.6 Å². The maximum absolute atomic E-state index is 12.3. The summed E-state index contributed by atoms with van der Waals surface area (Å²) in [6, 6.07) is 6.43.